The Morgan fingerprint density at radius 1 is 1.33 bits per heavy atom. The van der Waals surface area contributed by atoms with Gasteiger partial charge in [0.1, 0.15) is 11.6 Å². The minimum atomic E-state index is -0.226. The Morgan fingerprint density at radius 2 is 2.10 bits per heavy atom. The lowest BCUT2D eigenvalue weighted by Crippen LogP contribution is -2.15. The van der Waals surface area contributed by atoms with Crippen molar-refractivity contribution >= 4 is 11.6 Å². The Hall–Kier alpha value is -2.43. The van der Waals surface area contributed by atoms with Crippen LogP contribution in [-0.4, -0.2) is 23.0 Å². The van der Waals surface area contributed by atoms with Crippen molar-refractivity contribution in [1.82, 2.24) is 9.97 Å². The summed E-state index contributed by atoms with van der Waals surface area (Å²) in [7, 11) is 1.59. The van der Waals surface area contributed by atoms with Gasteiger partial charge in [-0.1, -0.05) is 19.9 Å². The zero-order valence-corrected chi connectivity index (χ0v) is 12.7. The number of anilines is 1. The first-order valence-corrected chi connectivity index (χ1v) is 6.80. The van der Waals surface area contributed by atoms with Gasteiger partial charge in [-0.2, -0.15) is 0 Å². The Balaban J connectivity index is 2.20. The average molecular weight is 285 g/mol. The van der Waals surface area contributed by atoms with Crippen LogP contribution in [0.4, 0.5) is 5.69 Å². The van der Waals surface area contributed by atoms with E-state index in [1.54, 1.807) is 25.4 Å². The molecule has 0 unspecified atom stereocenters. The van der Waals surface area contributed by atoms with E-state index in [1.165, 1.54) is 0 Å². The number of rotatable bonds is 4. The number of aromatic nitrogens is 2. The Labute approximate surface area is 124 Å². The van der Waals surface area contributed by atoms with E-state index in [-0.39, 0.29) is 11.8 Å². The molecule has 0 aliphatic rings. The first-order chi connectivity index (χ1) is 10.0. The quantitative estimate of drug-likeness (QED) is 0.937. The summed E-state index contributed by atoms with van der Waals surface area (Å²) in [6.07, 6.45) is 1.58. The van der Waals surface area contributed by atoms with Crippen LogP contribution in [0.15, 0.2) is 30.5 Å². The van der Waals surface area contributed by atoms with E-state index in [2.05, 4.69) is 15.3 Å². The van der Waals surface area contributed by atoms with Crippen LogP contribution in [0.5, 0.6) is 5.75 Å². The molecule has 0 aliphatic heterocycles. The fraction of sp³-hybridized carbons (Fsp3) is 0.312. The van der Waals surface area contributed by atoms with Crippen molar-refractivity contribution in [1.29, 1.82) is 0 Å². The monoisotopic (exact) mass is 285 g/mol. The normalized spacial score (nSPS) is 10.5. The molecule has 5 nitrogen and oxygen atoms in total. The highest BCUT2D eigenvalue weighted by molar-refractivity contribution is 6.04. The molecule has 1 aromatic carbocycles. The van der Waals surface area contributed by atoms with Gasteiger partial charge in [-0.05, 0) is 19.1 Å². The van der Waals surface area contributed by atoms with E-state index in [0.29, 0.717) is 22.7 Å². The molecule has 0 saturated heterocycles. The second-order valence-corrected chi connectivity index (χ2v) is 5.07. The fourth-order valence-corrected chi connectivity index (χ4v) is 1.89. The largest absolute Gasteiger partial charge is 0.497 e. The van der Waals surface area contributed by atoms with Gasteiger partial charge in [0.15, 0.2) is 0 Å². The number of aryl methyl sites for hydroxylation is 1. The van der Waals surface area contributed by atoms with Gasteiger partial charge in [0, 0.05) is 23.9 Å². The molecule has 0 bridgehead atoms. The number of ether oxygens (including phenoxy) is 1. The van der Waals surface area contributed by atoms with E-state index in [9.17, 15) is 4.79 Å². The van der Waals surface area contributed by atoms with Crippen LogP contribution in [0.1, 0.15) is 41.6 Å². The van der Waals surface area contributed by atoms with E-state index in [4.69, 9.17) is 4.74 Å². The van der Waals surface area contributed by atoms with Crippen LogP contribution >= 0.6 is 0 Å². The van der Waals surface area contributed by atoms with Crippen LogP contribution in [0.2, 0.25) is 0 Å². The maximum Gasteiger partial charge on any atom is 0.259 e. The number of methoxy groups -OCH3 is 1. The van der Waals surface area contributed by atoms with E-state index < -0.39 is 0 Å². The van der Waals surface area contributed by atoms with Crippen molar-refractivity contribution in [2.75, 3.05) is 12.4 Å². The van der Waals surface area contributed by atoms with Gasteiger partial charge < -0.3 is 10.1 Å². The van der Waals surface area contributed by atoms with Gasteiger partial charge >= 0.3 is 0 Å². The molecule has 1 aromatic heterocycles. The Morgan fingerprint density at radius 3 is 2.71 bits per heavy atom. The van der Waals surface area contributed by atoms with Crippen molar-refractivity contribution < 1.29 is 9.53 Å². The lowest BCUT2D eigenvalue weighted by molar-refractivity contribution is 0.102. The highest BCUT2D eigenvalue weighted by Crippen LogP contribution is 2.18. The number of nitrogens with zero attached hydrogens (tertiary/aromatic N) is 2. The molecule has 1 amide bonds. The van der Waals surface area contributed by atoms with E-state index in [1.807, 2.05) is 32.9 Å². The summed E-state index contributed by atoms with van der Waals surface area (Å²) in [6, 6.07) is 7.21. The first-order valence-electron chi connectivity index (χ1n) is 6.80. The van der Waals surface area contributed by atoms with Crippen molar-refractivity contribution in [3.63, 3.8) is 0 Å². The highest BCUT2D eigenvalue weighted by atomic mass is 16.5. The SMILES string of the molecule is COc1cccc(NC(=O)c2cnc(C(C)C)nc2C)c1. The molecule has 0 aliphatic carbocycles. The van der Waals surface area contributed by atoms with Crippen LogP contribution in [0.3, 0.4) is 0 Å². The summed E-state index contributed by atoms with van der Waals surface area (Å²) >= 11 is 0. The molecule has 0 radical (unpaired) electrons. The summed E-state index contributed by atoms with van der Waals surface area (Å²) in [4.78, 5) is 20.9. The molecule has 0 atom stereocenters. The molecule has 21 heavy (non-hydrogen) atoms. The molecular formula is C16H19N3O2. The van der Waals surface area contributed by atoms with Crippen molar-refractivity contribution in [2.24, 2.45) is 0 Å². The zero-order chi connectivity index (χ0) is 15.4. The third-order valence-corrected chi connectivity index (χ3v) is 3.09. The van der Waals surface area contributed by atoms with Crippen molar-refractivity contribution in [3.8, 4) is 5.75 Å². The summed E-state index contributed by atoms with van der Waals surface area (Å²) in [5.74, 6) is 1.44. The van der Waals surface area contributed by atoms with Crippen LogP contribution in [0.25, 0.3) is 0 Å². The molecule has 2 rings (SSSR count). The van der Waals surface area contributed by atoms with E-state index in [0.717, 1.165) is 5.82 Å². The topological polar surface area (TPSA) is 64.1 Å². The summed E-state index contributed by atoms with van der Waals surface area (Å²) in [6.45, 7) is 5.85. The predicted octanol–water partition coefficient (Wildman–Crippen LogP) is 3.17. The second-order valence-electron chi connectivity index (χ2n) is 5.07. The minimum Gasteiger partial charge on any atom is -0.497 e. The molecule has 0 fully saturated rings. The van der Waals surface area contributed by atoms with Crippen LogP contribution in [0, 0.1) is 6.92 Å². The highest BCUT2D eigenvalue weighted by Gasteiger charge is 2.13. The number of benzene rings is 1. The molecule has 5 heteroatoms. The van der Waals surface area contributed by atoms with E-state index >= 15 is 0 Å². The van der Waals surface area contributed by atoms with Gasteiger partial charge in [0.2, 0.25) is 0 Å². The standard InChI is InChI=1S/C16H19N3O2/c1-10(2)15-17-9-14(11(3)18-15)16(20)19-12-6-5-7-13(8-12)21-4/h5-10H,1-4H3,(H,19,20). The van der Waals surface area contributed by atoms with Crippen LogP contribution in [-0.2, 0) is 0 Å². The minimum absolute atomic E-state index is 0.226. The summed E-state index contributed by atoms with van der Waals surface area (Å²) in [5.41, 5.74) is 1.82. The number of amides is 1. The van der Waals surface area contributed by atoms with Crippen molar-refractivity contribution in [2.45, 2.75) is 26.7 Å². The summed E-state index contributed by atoms with van der Waals surface area (Å²) in [5, 5.41) is 2.82. The number of hydrogen-bond donors (Lipinski definition) is 1. The molecule has 1 N–H and O–H groups in total. The lowest BCUT2D eigenvalue weighted by atomic mass is 10.1. The third-order valence-electron chi connectivity index (χ3n) is 3.09. The number of nitrogens with one attached hydrogen (secondary N) is 1. The molecule has 0 saturated carbocycles. The van der Waals surface area contributed by atoms with Crippen molar-refractivity contribution in [3.05, 3.63) is 47.5 Å². The fourth-order valence-electron chi connectivity index (χ4n) is 1.89. The molecule has 110 valence electrons. The van der Waals surface area contributed by atoms with Gasteiger partial charge in [-0.3, -0.25) is 4.79 Å². The predicted molar refractivity (Wildman–Crippen MR) is 81.8 cm³/mol. The van der Waals surface area contributed by atoms with Crippen LogP contribution < -0.4 is 10.1 Å². The number of carbonyl (C=O) groups excluding carboxylic acids is 1. The van der Waals surface area contributed by atoms with Gasteiger partial charge in [-0.25, -0.2) is 9.97 Å². The molecule has 1 heterocycles. The average Bonchev–Trinajstić information content (AvgIpc) is 2.47. The molecular weight excluding hydrogens is 266 g/mol. The molecule has 2 aromatic rings. The smallest absolute Gasteiger partial charge is 0.259 e. The third kappa shape index (κ3) is 3.56. The summed E-state index contributed by atoms with van der Waals surface area (Å²) < 4.78 is 5.13. The lowest BCUT2D eigenvalue weighted by Gasteiger charge is -2.10. The second kappa shape index (κ2) is 6.35. The number of hydrogen-bond acceptors (Lipinski definition) is 4. The Kier molecular flexibility index (Phi) is 4.52. The maximum absolute atomic E-state index is 12.3. The molecule has 0 spiro atoms. The van der Waals surface area contributed by atoms with Gasteiger partial charge in [0.05, 0.1) is 18.4 Å². The maximum atomic E-state index is 12.3. The van der Waals surface area contributed by atoms with Gasteiger partial charge in [0.25, 0.3) is 5.91 Å². The zero-order valence-electron chi connectivity index (χ0n) is 12.7. The number of carbonyl (C=O) groups is 1. The first kappa shape index (κ1) is 15.0. The van der Waals surface area contributed by atoms with Gasteiger partial charge in [-0.15, -0.1) is 0 Å². The Bertz CT molecular complexity index is 654.